The van der Waals surface area contributed by atoms with Crippen molar-refractivity contribution in [3.05, 3.63) is 59.7 Å². The Kier molecular flexibility index (Phi) is 6.57. The Morgan fingerprint density at radius 1 is 1.00 bits per heavy atom. The van der Waals surface area contributed by atoms with Crippen molar-refractivity contribution in [1.29, 1.82) is 0 Å². The summed E-state index contributed by atoms with van der Waals surface area (Å²) in [7, 11) is 1.28. The van der Waals surface area contributed by atoms with E-state index < -0.39 is 11.9 Å². The number of para-hydroxylation sites is 2. The zero-order chi connectivity index (χ0) is 20.9. The Balaban J connectivity index is 2.29. The van der Waals surface area contributed by atoms with E-state index >= 15 is 0 Å². The molecule has 0 spiro atoms. The Bertz CT molecular complexity index is 884. The maximum atomic E-state index is 12.7. The van der Waals surface area contributed by atoms with E-state index in [1.165, 1.54) is 18.9 Å². The van der Waals surface area contributed by atoms with Crippen molar-refractivity contribution in [2.24, 2.45) is 0 Å². The number of esters is 1. The fourth-order valence-corrected chi connectivity index (χ4v) is 2.92. The van der Waals surface area contributed by atoms with Gasteiger partial charge >= 0.3 is 5.97 Å². The summed E-state index contributed by atoms with van der Waals surface area (Å²) in [6.07, 6.45) is 0. The summed E-state index contributed by atoms with van der Waals surface area (Å²) in [5.74, 6) is -1.19. The first kappa shape index (κ1) is 21.2. The van der Waals surface area contributed by atoms with E-state index in [9.17, 15) is 14.4 Å². The molecule has 0 unspecified atom stereocenters. The van der Waals surface area contributed by atoms with E-state index in [-0.39, 0.29) is 23.4 Å². The van der Waals surface area contributed by atoms with Gasteiger partial charge in [-0.3, -0.25) is 9.59 Å². The highest BCUT2D eigenvalue weighted by Gasteiger charge is 2.24. The van der Waals surface area contributed by atoms with E-state index in [4.69, 9.17) is 4.74 Å². The number of hydrogen-bond donors (Lipinski definition) is 1. The third-order valence-electron chi connectivity index (χ3n) is 4.29. The molecule has 0 heterocycles. The lowest BCUT2D eigenvalue weighted by Gasteiger charge is -2.29. The summed E-state index contributed by atoms with van der Waals surface area (Å²) in [5.41, 5.74) is 2.06. The first-order chi connectivity index (χ1) is 13.1. The van der Waals surface area contributed by atoms with Crippen LogP contribution in [0.4, 0.5) is 11.4 Å². The van der Waals surface area contributed by atoms with Gasteiger partial charge < -0.3 is 15.0 Å². The topological polar surface area (TPSA) is 75.7 Å². The molecular weight excluding hydrogens is 356 g/mol. The van der Waals surface area contributed by atoms with E-state index in [1.807, 2.05) is 24.3 Å². The van der Waals surface area contributed by atoms with Crippen LogP contribution in [0.1, 0.15) is 43.6 Å². The normalized spacial score (nSPS) is 10.9. The first-order valence-electron chi connectivity index (χ1n) is 9.00. The minimum Gasteiger partial charge on any atom is -0.465 e. The first-order valence-corrected chi connectivity index (χ1v) is 9.00. The number of hydrogen-bond acceptors (Lipinski definition) is 4. The van der Waals surface area contributed by atoms with Gasteiger partial charge in [0.05, 0.1) is 18.4 Å². The number of anilines is 2. The summed E-state index contributed by atoms with van der Waals surface area (Å²) in [4.78, 5) is 38.3. The standard InChI is InChI=1S/C22H26N2O4/c1-15(25)24(19-13-9-7-11-17(19)22(2,3)4)14-20(26)23-18-12-8-6-10-16(18)21(27)28-5/h6-13H,14H2,1-5H3,(H,23,26). The molecule has 0 radical (unpaired) electrons. The SMILES string of the molecule is COC(=O)c1ccccc1NC(=O)CN(C(C)=O)c1ccccc1C(C)(C)C. The van der Waals surface area contributed by atoms with Crippen LogP contribution in [0, 0.1) is 0 Å². The predicted molar refractivity (Wildman–Crippen MR) is 110 cm³/mol. The minimum absolute atomic E-state index is 0.169. The lowest BCUT2D eigenvalue weighted by atomic mass is 9.85. The number of nitrogens with one attached hydrogen (secondary N) is 1. The smallest absolute Gasteiger partial charge is 0.339 e. The number of ether oxygens (including phenoxy) is 1. The molecule has 0 aliphatic heterocycles. The summed E-state index contributed by atoms with van der Waals surface area (Å²) < 4.78 is 4.75. The summed E-state index contributed by atoms with van der Waals surface area (Å²) in [6.45, 7) is 7.41. The van der Waals surface area contributed by atoms with Crippen LogP contribution >= 0.6 is 0 Å². The average molecular weight is 382 g/mol. The molecule has 2 amide bonds. The molecule has 2 rings (SSSR count). The van der Waals surface area contributed by atoms with Crippen LogP contribution in [-0.2, 0) is 19.7 Å². The number of carbonyl (C=O) groups excluding carboxylic acids is 3. The van der Waals surface area contributed by atoms with Crippen LogP contribution < -0.4 is 10.2 Å². The predicted octanol–water partition coefficient (Wildman–Crippen LogP) is 3.76. The van der Waals surface area contributed by atoms with Crippen LogP contribution in [0.25, 0.3) is 0 Å². The molecule has 2 aromatic rings. The highest BCUT2D eigenvalue weighted by Crippen LogP contribution is 2.32. The Labute approximate surface area is 165 Å². The summed E-state index contributed by atoms with van der Waals surface area (Å²) >= 11 is 0. The number of rotatable bonds is 5. The fraction of sp³-hybridized carbons (Fsp3) is 0.318. The van der Waals surface area contributed by atoms with Crippen molar-refractivity contribution in [2.45, 2.75) is 33.1 Å². The molecular formula is C22H26N2O4. The Hall–Kier alpha value is -3.15. The van der Waals surface area contributed by atoms with Crippen LogP contribution in [0.5, 0.6) is 0 Å². The molecule has 0 aromatic heterocycles. The van der Waals surface area contributed by atoms with E-state index in [1.54, 1.807) is 24.3 Å². The second kappa shape index (κ2) is 8.69. The van der Waals surface area contributed by atoms with Gasteiger partial charge in [0, 0.05) is 12.6 Å². The van der Waals surface area contributed by atoms with Gasteiger partial charge in [-0.25, -0.2) is 4.79 Å². The second-order valence-electron chi connectivity index (χ2n) is 7.46. The van der Waals surface area contributed by atoms with Crippen LogP contribution in [0.2, 0.25) is 0 Å². The zero-order valence-corrected chi connectivity index (χ0v) is 16.9. The fourth-order valence-electron chi connectivity index (χ4n) is 2.92. The molecule has 0 aliphatic carbocycles. The van der Waals surface area contributed by atoms with Crippen molar-refractivity contribution in [1.82, 2.24) is 0 Å². The van der Waals surface area contributed by atoms with Crippen LogP contribution in [0.15, 0.2) is 48.5 Å². The van der Waals surface area contributed by atoms with Gasteiger partial charge in [0.25, 0.3) is 0 Å². The van der Waals surface area contributed by atoms with Crippen molar-refractivity contribution in [3.63, 3.8) is 0 Å². The number of amides is 2. The van der Waals surface area contributed by atoms with Gasteiger partial charge in [-0.1, -0.05) is 51.1 Å². The molecule has 0 aliphatic rings. The number of benzene rings is 2. The molecule has 28 heavy (non-hydrogen) atoms. The average Bonchev–Trinajstić information content (AvgIpc) is 2.65. The highest BCUT2D eigenvalue weighted by molar-refractivity contribution is 6.05. The molecule has 2 aromatic carbocycles. The van der Waals surface area contributed by atoms with Crippen molar-refractivity contribution >= 4 is 29.2 Å². The van der Waals surface area contributed by atoms with Gasteiger partial charge in [-0.2, -0.15) is 0 Å². The quantitative estimate of drug-likeness (QED) is 0.799. The van der Waals surface area contributed by atoms with E-state index in [0.717, 1.165) is 5.56 Å². The van der Waals surface area contributed by atoms with Crippen molar-refractivity contribution < 1.29 is 19.1 Å². The third kappa shape index (κ3) is 4.97. The van der Waals surface area contributed by atoms with Gasteiger partial charge in [0.15, 0.2) is 0 Å². The minimum atomic E-state index is -0.544. The Morgan fingerprint density at radius 3 is 2.21 bits per heavy atom. The van der Waals surface area contributed by atoms with Crippen LogP contribution in [0.3, 0.4) is 0 Å². The van der Waals surface area contributed by atoms with E-state index in [0.29, 0.717) is 11.4 Å². The van der Waals surface area contributed by atoms with Crippen LogP contribution in [-0.4, -0.2) is 31.4 Å². The number of nitrogens with zero attached hydrogens (tertiary/aromatic N) is 1. The second-order valence-corrected chi connectivity index (χ2v) is 7.46. The molecule has 0 fully saturated rings. The lowest BCUT2D eigenvalue weighted by molar-refractivity contribution is -0.120. The zero-order valence-electron chi connectivity index (χ0n) is 16.9. The maximum absolute atomic E-state index is 12.7. The summed E-state index contributed by atoms with van der Waals surface area (Å²) in [5, 5.41) is 2.71. The third-order valence-corrected chi connectivity index (χ3v) is 4.29. The molecule has 6 heteroatoms. The number of methoxy groups -OCH3 is 1. The maximum Gasteiger partial charge on any atom is 0.339 e. The summed E-state index contributed by atoms with van der Waals surface area (Å²) in [6, 6.07) is 14.1. The van der Waals surface area contributed by atoms with Crippen molar-refractivity contribution in [2.75, 3.05) is 23.9 Å². The van der Waals surface area contributed by atoms with Gasteiger partial charge in [0.2, 0.25) is 11.8 Å². The van der Waals surface area contributed by atoms with Gasteiger partial charge in [-0.15, -0.1) is 0 Å². The van der Waals surface area contributed by atoms with Crippen molar-refractivity contribution in [3.8, 4) is 0 Å². The monoisotopic (exact) mass is 382 g/mol. The molecule has 0 saturated carbocycles. The Morgan fingerprint density at radius 2 is 1.61 bits per heavy atom. The molecule has 148 valence electrons. The van der Waals surface area contributed by atoms with E-state index in [2.05, 4.69) is 26.1 Å². The van der Waals surface area contributed by atoms with Gasteiger partial charge in [0.1, 0.15) is 6.54 Å². The molecule has 0 saturated heterocycles. The molecule has 0 bridgehead atoms. The lowest BCUT2D eigenvalue weighted by Crippen LogP contribution is -2.38. The number of carbonyl (C=O) groups is 3. The van der Waals surface area contributed by atoms with Gasteiger partial charge in [-0.05, 0) is 29.2 Å². The molecule has 1 N–H and O–H groups in total. The molecule has 6 nitrogen and oxygen atoms in total. The largest absolute Gasteiger partial charge is 0.465 e. The molecule has 0 atom stereocenters. The highest BCUT2D eigenvalue weighted by atomic mass is 16.5.